The van der Waals surface area contributed by atoms with Crippen LogP contribution in [0.2, 0.25) is 0 Å². The number of nitrogens with zero attached hydrogens (tertiary/aromatic N) is 2. The number of rotatable bonds is 88. The Morgan fingerprint density at radius 1 is 0.229 bits per heavy atom. The van der Waals surface area contributed by atoms with E-state index in [4.69, 9.17) is 0 Å². The van der Waals surface area contributed by atoms with Gasteiger partial charge in [0.05, 0.1) is 11.8 Å². The van der Waals surface area contributed by atoms with Gasteiger partial charge in [0.2, 0.25) is 23.6 Å². The average molecular weight is 1470 g/mol. The highest BCUT2D eigenvalue weighted by Gasteiger charge is 2.37. The van der Waals surface area contributed by atoms with Crippen LogP contribution >= 0.6 is 0 Å². The average Bonchev–Trinajstić information content (AvgIpc) is 1.71. The second kappa shape index (κ2) is 81.1. The van der Waals surface area contributed by atoms with Crippen molar-refractivity contribution in [2.75, 3.05) is 52.4 Å². The summed E-state index contributed by atoms with van der Waals surface area (Å²) in [4.78, 5) is 54.3. The Bertz CT molecular complexity index is 1910. The van der Waals surface area contributed by atoms with Crippen LogP contribution < -0.4 is 16.0 Å². The van der Waals surface area contributed by atoms with Gasteiger partial charge in [0.15, 0.2) is 0 Å². The molecule has 2 unspecified atom stereocenters. The van der Waals surface area contributed by atoms with E-state index in [1.54, 1.807) is 0 Å². The summed E-state index contributed by atoms with van der Waals surface area (Å²) < 4.78 is 0. The summed E-state index contributed by atoms with van der Waals surface area (Å²) in [5.41, 5.74) is 0. The van der Waals surface area contributed by atoms with Crippen LogP contribution in [0.15, 0.2) is 24.3 Å². The molecule has 2 aliphatic rings. The topological polar surface area (TPSA) is 111 Å². The van der Waals surface area contributed by atoms with Crippen LogP contribution in [0.1, 0.15) is 502 Å². The lowest BCUT2D eigenvalue weighted by Crippen LogP contribution is -2.40. The molecule has 0 aromatic rings. The molecule has 616 valence electrons. The largest absolute Gasteiger partial charge is 0.314 e. The second-order valence-corrected chi connectivity index (χ2v) is 33.8. The summed E-state index contributed by atoms with van der Waals surface area (Å²) in [5.74, 6) is -0.849. The number of hydrogen-bond acceptors (Lipinski definition) is 7. The van der Waals surface area contributed by atoms with Crippen molar-refractivity contribution in [3.05, 3.63) is 24.3 Å². The third kappa shape index (κ3) is 66.0. The van der Waals surface area contributed by atoms with Crippen molar-refractivity contribution in [3.63, 3.8) is 0 Å². The molecule has 2 aliphatic heterocycles. The van der Waals surface area contributed by atoms with Crippen LogP contribution in [-0.2, 0) is 19.2 Å². The van der Waals surface area contributed by atoms with E-state index in [0.717, 1.165) is 51.9 Å². The predicted octanol–water partition coefficient (Wildman–Crippen LogP) is 28.5. The molecule has 0 bridgehead atoms. The van der Waals surface area contributed by atoms with Gasteiger partial charge in [-0.2, -0.15) is 0 Å². The fourth-order valence-electron chi connectivity index (χ4n) is 16.5. The number of likely N-dealkylation sites (tertiary alicyclic amines) is 2. The molecule has 0 aromatic carbocycles. The first-order valence-electron chi connectivity index (χ1n) is 48.1. The van der Waals surface area contributed by atoms with Crippen LogP contribution in [0.25, 0.3) is 0 Å². The van der Waals surface area contributed by atoms with E-state index in [2.05, 4.69) is 41.9 Å². The number of amides is 4. The predicted molar refractivity (Wildman–Crippen MR) is 460 cm³/mol. The number of carbonyl (C=O) groups is 4. The summed E-state index contributed by atoms with van der Waals surface area (Å²) in [7, 11) is 0. The van der Waals surface area contributed by atoms with E-state index in [-0.39, 0.29) is 35.5 Å². The Hall–Kier alpha value is -2.36. The summed E-state index contributed by atoms with van der Waals surface area (Å²) in [6, 6.07) is 0. The standard InChI is InChI=1S/C96H183N5O4/c1-3-5-7-9-11-13-15-17-19-21-23-25-27-29-31-33-35-37-39-40-41-42-43-44-45-46-48-50-52-54-56-58-60-62-64-66-68-70-72-74-76-78-80-92-90-94(103)101(96(92)105)88-86-99-84-82-97-81-83-98-85-87-100-93(102)89-91(95(100)104)79-77-75-73-71-69-67-65-63-61-59-57-55-53-51-49-47-38-36-34-32-30-28-26-24-22-20-18-16-14-12-10-8-6-4-2/h77-80,91-92,97-99H,3-76,81-90H2,1-2H3. The highest BCUT2D eigenvalue weighted by Crippen LogP contribution is 2.25. The highest BCUT2D eigenvalue weighted by molar-refractivity contribution is 6.05. The maximum Gasteiger partial charge on any atom is 0.236 e. The molecule has 9 nitrogen and oxygen atoms in total. The first-order valence-corrected chi connectivity index (χ1v) is 48.1. The van der Waals surface area contributed by atoms with Crippen LogP contribution in [0.3, 0.4) is 0 Å². The lowest BCUT2D eigenvalue weighted by atomic mass is 10.0. The zero-order chi connectivity index (χ0) is 75.0. The first-order chi connectivity index (χ1) is 52.0. The lowest BCUT2D eigenvalue weighted by Gasteiger charge is -2.15. The van der Waals surface area contributed by atoms with E-state index in [9.17, 15) is 19.2 Å². The number of imide groups is 2. The van der Waals surface area contributed by atoms with Crippen molar-refractivity contribution >= 4 is 23.6 Å². The smallest absolute Gasteiger partial charge is 0.236 e. The van der Waals surface area contributed by atoms with Gasteiger partial charge in [-0.15, -0.1) is 0 Å². The van der Waals surface area contributed by atoms with Gasteiger partial charge in [-0.25, -0.2) is 0 Å². The quantitative estimate of drug-likeness (QED) is 0.0316. The number of nitrogens with one attached hydrogen (secondary N) is 3. The summed E-state index contributed by atoms with van der Waals surface area (Å²) >= 11 is 0. The Kier molecular flexibility index (Phi) is 76.3. The van der Waals surface area contributed by atoms with Gasteiger partial charge in [-0.1, -0.05) is 488 Å². The van der Waals surface area contributed by atoms with Gasteiger partial charge in [-0.3, -0.25) is 29.0 Å². The lowest BCUT2D eigenvalue weighted by molar-refractivity contribution is -0.140. The van der Waals surface area contributed by atoms with Gasteiger partial charge in [0, 0.05) is 65.2 Å². The van der Waals surface area contributed by atoms with E-state index in [0.29, 0.717) is 39.0 Å². The molecule has 2 atom stereocenters. The minimum atomic E-state index is -0.309. The fourth-order valence-corrected chi connectivity index (χ4v) is 16.5. The molecule has 0 saturated carbocycles. The van der Waals surface area contributed by atoms with E-state index in [1.807, 2.05) is 12.2 Å². The Labute approximate surface area is 655 Å². The summed E-state index contributed by atoms with van der Waals surface area (Å²) in [6.07, 6.45) is 114. The van der Waals surface area contributed by atoms with Crippen molar-refractivity contribution in [2.24, 2.45) is 11.8 Å². The number of hydrogen-bond donors (Lipinski definition) is 3. The molecule has 0 spiro atoms. The van der Waals surface area contributed by atoms with Gasteiger partial charge >= 0.3 is 0 Å². The molecule has 3 N–H and O–H groups in total. The van der Waals surface area contributed by atoms with Gasteiger partial charge in [-0.05, 0) is 25.7 Å². The van der Waals surface area contributed by atoms with Crippen LogP contribution in [0.5, 0.6) is 0 Å². The molecule has 2 saturated heterocycles. The monoisotopic (exact) mass is 1470 g/mol. The molecule has 0 aliphatic carbocycles. The minimum absolute atomic E-state index is 0.0546. The fraction of sp³-hybridized carbons (Fsp3) is 0.917. The molecule has 9 heteroatoms. The molecule has 2 heterocycles. The van der Waals surface area contributed by atoms with E-state index in [1.165, 1.54) is 459 Å². The third-order valence-corrected chi connectivity index (χ3v) is 23.7. The van der Waals surface area contributed by atoms with Crippen molar-refractivity contribution in [3.8, 4) is 0 Å². The third-order valence-electron chi connectivity index (χ3n) is 23.7. The first kappa shape index (κ1) is 98.7. The summed E-state index contributed by atoms with van der Waals surface area (Å²) in [5, 5.41) is 10.1. The van der Waals surface area contributed by atoms with Crippen molar-refractivity contribution < 1.29 is 19.2 Å². The zero-order valence-corrected chi connectivity index (χ0v) is 70.9. The van der Waals surface area contributed by atoms with Crippen LogP contribution in [-0.4, -0.2) is 85.8 Å². The Morgan fingerprint density at radius 3 is 0.552 bits per heavy atom. The number of carbonyl (C=O) groups excluding carboxylic acids is 4. The molecular formula is C96H183N5O4. The van der Waals surface area contributed by atoms with Crippen LogP contribution in [0.4, 0.5) is 0 Å². The molecule has 0 aromatic heterocycles. The van der Waals surface area contributed by atoms with Crippen molar-refractivity contribution in [2.45, 2.75) is 502 Å². The van der Waals surface area contributed by atoms with Crippen LogP contribution in [0, 0.1) is 11.8 Å². The zero-order valence-electron chi connectivity index (χ0n) is 70.9. The molecular weight excluding hydrogens is 1290 g/mol. The molecule has 105 heavy (non-hydrogen) atoms. The minimum Gasteiger partial charge on any atom is -0.314 e. The van der Waals surface area contributed by atoms with Gasteiger partial charge < -0.3 is 16.0 Å². The Balaban J connectivity index is 1.24. The van der Waals surface area contributed by atoms with Gasteiger partial charge in [0.25, 0.3) is 0 Å². The van der Waals surface area contributed by atoms with Crippen molar-refractivity contribution in [1.29, 1.82) is 0 Å². The number of unbranched alkanes of at least 4 members (excludes halogenated alkanes) is 72. The SMILES string of the molecule is CCCCCCCCCCCCCCCCCCCCCCCCCCCCCCCCCCC=CC1CC(=O)N(CCNCCNCCNCCN2C(=O)CC(C=CCCCCCCCCCCCCCCCCCCCCCCCCCCCCCCCCCCCCCCCCCC)C2=O)C1=O. The van der Waals surface area contributed by atoms with E-state index >= 15 is 0 Å². The second-order valence-electron chi connectivity index (χ2n) is 33.8. The van der Waals surface area contributed by atoms with E-state index < -0.39 is 0 Å². The maximum atomic E-state index is 13.0. The molecule has 2 rings (SSSR count). The normalized spacial score (nSPS) is 15.0. The molecule has 4 amide bonds. The molecule has 0 radical (unpaired) electrons. The Morgan fingerprint density at radius 2 is 0.381 bits per heavy atom. The maximum absolute atomic E-state index is 13.0. The highest BCUT2D eigenvalue weighted by atomic mass is 16.2. The molecule has 2 fully saturated rings. The summed E-state index contributed by atoms with van der Waals surface area (Å²) in [6.45, 7) is 9.62. The van der Waals surface area contributed by atoms with Gasteiger partial charge in [0.1, 0.15) is 0 Å². The van der Waals surface area contributed by atoms with Crippen molar-refractivity contribution in [1.82, 2.24) is 25.8 Å². The number of allylic oxidation sites excluding steroid dienone is 2.